The van der Waals surface area contributed by atoms with Gasteiger partial charge in [-0.25, -0.2) is 0 Å². The molecule has 0 aliphatic carbocycles. The Balaban J connectivity index is 3.05. The molecule has 1 amide bonds. The second-order valence-electron chi connectivity index (χ2n) is 3.34. The molecule has 0 bridgehead atoms. The molecule has 1 aromatic carbocycles. The lowest BCUT2D eigenvalue weighted by Gasteiger charge is -2.11. The maximum Gasteiger partial charge on any atom is 0.242 e. The van der Waals surface area contributed by atoms with E-state index < -0.39 is 5.38 Å². The second kappa shape index (κ2) is 4.47. The maximum absolute atomic E-state index is 11.3. The summed E-state index contributed by atoms with van der Waals surface area (Å²) in [5.74, 6) is -0.166. The first kappa shape index (κ1) is 11.1. The zero-order valence-electron chi connectivity index (χ0n) is 8.60. The Hall–Kier alpha value is -1.02. The third-order valence-electron chi connectivity index (χ3n) is 2.18. The normalized spacial score (nSPS) is 12.3. The Labute approximate surface area is 89.3 Å². The van der Waals surface area contributed by atoms with Gasteiger partial charge in [-0.1, -0.05) is 23.8 Å². The van der Waals surface area contributed by atoms with Crippen LogP contribution < -0.4 is 5.32 Å². The number of rotatable bonds is 2. The first-order chi connectivity index (χ1) is 6.56. The smallest absolute Gasteiger partial charge is 0.242 e. The highest BCUT2D eigenvalue weighted by atomic mass is 35.5. The van der Waals surface area contributed by atoms with Gasteiger partial charge < -0.3 is 5.32 Å². The Morgan fingerprint density at radius 3 is 2.64 bits per heavy atom. The van der Waals surface area contributed by atoms with E-state index in [-0.39, 0.29) is 5.91 Å². The molecule has 0 fully saturated rings. The zero-order chi connectivity index (χ0) is 10.7. The summed E-state index contributed by atoms with van der Waals surface area (Å²) >= 11 is 6.02. The molecule has 76 valence electrons. The minimum Gasteiger partial charge on any atom is -0.358 e. The van der Waals surface area contributed by atoms with Crippen molar-refractivity contribution in [3.8, 4) is 0 Å². The standard InChI is InChI=1S/C11H14ClNO/c1-7-4-5-8(2)9(6-7)10(12)11(14)13-3/h4-6,10H,1-3H3,(H,13,14). The number of alkyl halides is 1. The molecule has 2 nitrogen and oxygen atoms in total. The molecule has 0 heterocycles. The molecular formula is C11H14ClNO. The van der Waals surface area contributed by atoms with E-state index in [0.717, 1.165) is 16.7 Å². The van der Waals surface area contributed by atoms with Crippen molar-refractivity contribution in [2.45, 2.75) is 19.2 Å². The van der Waals surface area contributed by atoms with Gasteiger partial charge in [-0.3, -0.25) is 4.79 Å². The summed E-state index contributed by atoms with van der Waals surface area (Å²) in [5, 5.41) is 1.94. The molecule has 14 heavy (non-hydrogen) atoms. The fourth-order valence-electron chi connectivity index (χ4n) is 1.30. The van der Waals surface area contributed by atoms with Crippen LogP contribution in [0.5, 0.6) is 0 Å². The van der Waals surface area contributed by atoms with Crippen LogP contribution in [-0.4, -0.2) is 13.0 Å². The van der Waals surface area contributed by atoms with Crippen LogP contribution in [0.4, 0.5) is 0 Å². The summed E-state index contributed by atoms with van der Waals surface area (Å²) in [4.78, 5) is 11.3. The molecule has 0 saturated carbocycles. The number of carbonyl (C=O) groups is 1. The largest absolute Gasteiger partial charge is 0.358 e. The van der Waals surface area contributed by atoms with Crippen molar-refractivity contribution in [1.29, 1.82) is 0 Å². The van der Waals surface area contributed by atoms with Gasteiger partial charge in [0.2, 0.25) is 5.91 Å². The lowest BCUT2D eigenvalue weighted by Crippen LogP contribution is -2.23. The SMILES string of the molecule is CNC(=O)C(Cl)c1cc(C)ccc1C. The van der Waals surface area contributed by atoms with Crippen LogP contribution >= 0.6 is 11.6 Å². The minimum atomic E-state index is -0.597. The van der Waals surface area contributed by atoms with Crippen LogP contribution in [0, 0.1) is 13.8 Å². The Morgan fingerprint density at radius 1 is 1.43 bits per heavy atom. The van der Waals surface area contributed by atoms with E-state index in [0.29, 0.717) is 0 Å². The van der Waals surface area contributed by atoms with Gasteiger partial charge in [-0.05, 0) is 25.0 Å². The van der Waals surface area contributed by atoms with Gasteiger partial charge in [0.15, 0.2) is 0 Å². The van der Waals surface area contributed by atoms with Crippen molar-refractivity contribution in [1.82, 2.24) is 5.32 Å². The first-order valence-electron chi connectivity index (χ1n) is 4.49. The van der Waals surface area contributed by atoms with E-state index in [9.17, 15) is 4.79 Å². The average molecular weight is 212 g/mol. The Kier molecular flexibility index (Phi) is 3.53. The zero-order valence-corrected chi connectivity index (χ0v) is 9.35. The molecule has 1 N–H and O–H groups in total. The monoisotopic (exact) mass is 211 g/mol. The number of likely N-dealkylation sites (N-methyl/N-ethyl adjacent to an activating group) is 1. The fraction of sp³-hybridized carbons (Fsp3) is 0.364. The van der Waals surface area contributed by atoms with Crippen LogP contribution in [0.2, 0.25) is 0 Å². The van der Waals surface area contributed by atoms with E-state index in [1.54, 1.807) is 7.05 Å². The van der Waals surface area contributed by atoms with E-state index in [1.165, 1.54) is 0 Å². The summed E-state index contributed by atoms with van der Waals surface area (Å²) in [6.45, 7) is 3.93. The molecule has 0 aliphatic rings. The molecule has 0 radical (unpaired) electrons. The van der Waals surface area contributed by atoms with Crippen LogP contribution in [0.3, 0.4) is 0 Å². The first-order valence-corrected chi connectivity index (χ1v) is 4.92. The molecule has 0 saturated heterocycles. The van der Waals surface area contributed by atoms with Gasteiger partial charge in [-0.15, -0.1) is 11.6 Å². The number of aryl methyl sites for hydroxylation is 2. The maximum atomic E-state index is 11.3. The number of halogens is 1. The number of amides is 1. The number of benzene rings is 1. The van der Waals surface area contributed by atoms with Crippen LogP contribution in [-0.2, 0) is 4.79 Å². The minimum absolute atomic E-state index is 0.166. The number of hydrogen-bond acceptors (Lipinski definition) is 1. The third-order valence-corrected chi connectivity index (χ3v) is 2.62. The van der Waals surface area contributed by atoms with Crippen molar-refractivity contribution < 1.29 is 4.79 Å². The van der Waals surface area contributed by atoms with Gasteiger partial charge in [-0.2, -0.15) is 0 Å². The number of nitrogens with one attached hydrogen (secondary N) is 1. The summed E-state index contributed by atoms with van der Waals surface area (Å²) in [6, 6.07) is 5.93. The third kappa shape index (κ3) is 2.26. The summed E-state index contributed by atoms with van der Waals surface area (Å²) in [5.41, 5.74) is 3.03. The highest BCUT2D eigenvalue weighted by Gasteiger charge is 2.17. The predicted octanol–water partition coefficient (Wildman–Crippen LogP) is 2.33. The van der Waals surface area contributed by atoms with Gasteiger partial charge in [0.05, 0.1) is 0 Å². The molecule has 0 aromatic heterocycles. The molecule has 1 aromatic rings. The van der Waals surface area contributed by atoms with Crippen molar-refractivity contribution in [3.63, 3.8) is 0 Å². The van der Waals surface area contributed by atoms with Crippen LogP contribution in [0.15, 0.2) is 18.2 Å². The number of hydrogen-bond donors (Lipinski definition) is 1. The molecule has 1 atom stereocenters. The molecular weight excluding hydrogens is 198 g/mol. The number of carbonyl (C=O) groups excluding carboxylic acids is 1. The van der Waals surface area contributed by atoms with E-state index in [4.69, 9.17) is 11.6 Å². The van der Waals surface area contributed by atoms with Gasteiger partial charge >= 0.3 is 0 Å². The lowest BCUT2D eigenvalue weighted by molar-refractivity contribution is -0.120. The summed E-state index contributed by atoms with van der Waals surface area (Å²) < 4.78 is 0. The molecule has 0 spiro atoms. The summed E-state index contributed by atoms with van der Waals surface area (Å²) in [6.07, 6.45) is 0. The van der Waals surface area contributed by atoms with E-state index in [1.807, 2.05) is 32.0 Å². The highest BCUT2D eigenvalue weighted by molar-refractivity contribution is 6.30. The van der Waals surface area contributed by atoms with Crippen LogP contribution in [0.25, 0.3) is 0 Å². The van der Waals surface area contributed by atoms with Crippen molar-refractivity contribution in [3.05, 3.63) is 34.9 Å². The fourth-order valence-corrected chi connectivity index (χ4v) is 1.65. The van der Waals surface area contributed by atoms with Crippen molar-refractivity contribution >= 4 is 17.5 Å². The average Bonchev–Trinajstić information content (AvgIpc) is 2.19. The second-order valence-corrected chi connectivity index (χ2v) is 3.77. The topological polar surface area (TPSA) is 29.1 Å². The predicted molar refractivity (Wildman–Crippen MR) is 58.6 cm³/mol. The van der Waals surface area contributed by atoms with Crippen molar-refractivity contribution in [2.75, 3.05) is 7.05 Å². The molecule has 3 heteroatoms. The van der Waals surface area contributed by atoms with E-state index >= 15 is 0 Å². The molecule has 1 unspecified atom stereocenters. The Bertz CT molecular complexity index is 349. The highest BCUT2D eigenvalue weighted by Crippen LogP contribution is 2.24. The van der Waals surface area contributed by atoms with Gasteiger partial charge in [0.25, 0.3) is 0 Å². The quantitative estimate of drug-likeness (QED) is 0.748. The van der Waals surface area contributed by atoms with Gasteiger partial charge in [0, 0.05) is 7.05 Å². The summed E-state index contributed by atoms with van der Waals surface area (Å²) in [7, 11) is 1.59. The Morgan fingerprint density at radius 2 is 2.07 bits per heavy atom. The molecule has 1 rings (SSSR count). The van der Waals surface area contributed by atoms with E-state index in [2.05, 4.69) is 5.32 Å². The van der Waals surface area contributed by atoms with Crippen molar-refractivity contribution in [2.24, 2.45) is 0 Å². The van der Waals surface area contributed by atoms with Crippen LogP contribution in [0.1, 0.15) is 22.1 Å². The van der Waals surface area contributed by atoms with Gasteiger partial charge in [0.1, 0.15) is 5.38 Å². The lowest BCUT2D eigenvalue weighted by atomic mass is 10.0. The molecule has 0 aliphatic heterocycles.